The van der Waals surface area contributed by atoms with E-state index in [0.29, 0.717) is 13.0 Å². The number of non-ortho nitro benzene ring substituents is 1. The van der Waals surface area contributed by atoms with Crippen LogP contribution in [0.3, 0.4) is 0 Å². The van der Waals surface area contributed by atoms with E-state index in [1.807, 2.05) is 30.5 Å². The predicted molar refractivity (Wildman–Crippen MR) is 88.1 cm³/mol. The highest BCUT2D eigenvalue weighted by molar-refractivity contribution is 5.39. The van der Waals surface area contributed by atoms with Gasteiger partial charge < -0.3 is 10.3 Å². The zero-order chi connectivity index (χ0) is 16.2. The van der Waals surface area contributed by atoms with Crippen molar-refractivity contribution in [3.63, 3.8) is 0 Å². The highest BCUT2D eigenvalue weighted by atomic mass is 16.6. The molecule has 6 heteroatoms. The van der Waals surface area contributed by atoms with Gasteiger partial charge in [-0.15, -0.1) is 0 Å². The number of nitrogens with two attached hydrogens (primary N) is 1. The van der Waals surface area contributed by atoms with Crippen LogP contribution in [0, 0.1) is 10.1 Å². The van der Waals surface area contributed by atoms with Crippen molar-refractivity contribution in [2.45, 2.75) is 13.0 Å². The number of hydrogen-bond donors (Lipinski definition) is 1. The summed E-state index contributed by atoms with van der Waals surface area (Å²) in [4.78, 5) is 14.7. The van der Waals surface area contributed by atoms with Crippen LogP contribution in [0.1, 0.15) is 17.0 Å². The molecular weight excluding hydrogens is 292 g/mol. The lowest BCUT2D eigenvalue weighted by atomic mass is 10.1. The van der Waals surface area contributed by atoms with Crippen molar-refractivity contribution < 1.29 is 4.92 Å². The molecule has 0 fully saturated rings. The van der Waals surface area contributed by atoms with E-state index in [2.05, 4.69) is 9.55 Å². The minimum atomic E-state index is -0.397. The summed E-state index contributed by atoms with van der Waals surface area (Å²) in [5.74, 6) is 0.913. The molecule has 0 spiro atoms. The molecule has 0 saturated carbocycles. The Bertz CT molecular complexity index is 807. The normalized spacial score (nSPS) is 10.6. The van der Waals surface area contributed by atoms with Crippen LogP contribution in [-0.2, 0) is 13.0 Å². The lowest BCUT2D eigenvalue weighted by Crippen LogP contribution is -2.05. The Morgan fingerprint density at radius 1 is 1.04 bits per heavy atom. The summed E-state index contributed by atoms with van der Waals surface area (Å²) in [6, 6.07) is 14.3. The number of benzene rings is 2. The van der Waals surface area contributed by atoms with E-state index in [9.17, 15) is 10.1 Å². The molecule has 0 unspecified atom stereocenters. The van der Waals surface area contributed by atoms with Crippen LogP contribution in [0.25, 0.3) is 0 Å². The van der Waals surface area contributed by atoms with Crippen LogP contribution in [0.15, 0.2) is 60.9 Å². The fourth-order valence-electron chi connectivity index (χ4n) is 2.39. The van der Waals surface area contributed by atoms with Crippen molar-refractivity contribution in [1.82, 2.24) is 9.55 Å². The molecule has 2 aromatic carbocycles. The maximum atomic E-state index is 10.7. The summed E-state index contributed by atoms with van der Waals surface area (Å²) in [6.07, 6.45) is 4.31. The number of nitrogens with zero attached hydrogens (tertiary/aromatic N) is 3. The zero-order valence-corrected chi connectivity index (χ0v) is 12.4. The van der Waals surface area contributed by atoms with Crippen molar-refractivity contribution in [3.8, 4) is 0 Å². The molecule has 6 nitrogen and oxygen atoms in total. The first-order chi connectivity index (χ1) is 11.1. The van der Waals surface area contributed by atoms with Gasteiger partial charge in [0.15, 0.2) is 0 Å². The summed E-state index contributed by atoms with van der Waals surface area (Å²) < 4.78 is 2.06. The first kappa shape index (κ1) is 14.8. The zero-order valence-electron chi connectivity index (χ0n) is 12.4. The second kappa shape index (κ2) is 6.31. The van der Waals surface area contributed by atoms with Crippen LogP contribution in [0.5, 0.6) is 0 Å². The van der Waals surface area contributed by atoms with Crippen molar-refractivity contribution in [2.24, 2.45) is 0 Å². The van der Waals surface area contributed by atoms with Gasteiger partial charge in [-0.2, -0.15) is 0 Å². The Kier molecular flexibility index (Phi) is 4.05. The summed E-state index contributed by atoms with van der Waals surface area (Å²) in [5.41, 5.74) is 8.66. The third-order valence-corrected chi connectivity index (χ3v) is 3.64. The van der Waals surface area contributed by atoms with Gasteiger partial charge in [-0.25, -0.2) is 4.98 Å². The van der Waals surface area contributed by atoms with Crippen molar-refractivity contribution in [2.75, 3.05) is 5.73 Å². The number of rotatable bonds is 5. The van der Waals surface area contributed by atoms with E-state index in [1.165, 1.54) is 12.1 Å². The van der Waals surface area contributed by atoms with Gasteiger partial charge in [-0.1, -0.05) is 24.3 Å². The first-order valence-electron chi connectivity index (χ1n) is 7.19. The van der Waals surface area contributed by atoms with Gasteiger partial charge in [0.2, 0.25) is 0 Å². The van der Waals surface area contributed by atoms with Crippen molar-refractivity contribution in [1.29, 1.82) is 0 Å². The second-order valence-corrected chi connectivity index (χ2v) is 5.31. The fraction of sp³-hybridized carbons (Fsp3) is 0.118. The summed E-state index contributed by atoms with van der Waals surface area (Å²) in [7, 11) is 0. The first-order valence-corrected chi connectivity index (χ1v) is 7.19. The highest BCUT2D eigenvalue weighted by Crippen LogP contribution is 2.15. The van der Waals surface area contributed by atoms with E-state index in [4.69, 9.17) is 5.73 Å². The molecule has 3 aromatic rings. The summed E-state index contributed by atoms with van der Waals surface area (Å²) in [5, 5.41) is 10.7. The van der Waals surface area contributed by atoms with Crippen LogP contribution < -0.4 is 5.73 Å². The molecule has 2 N–H and O–H groups in total. The quantitative estimate of drug-likeness (QED) is 0.446. The molecule has 0 aliphatic heterocycles. The highest BCUT2D eigenvalue weighted by Gasteiger charge is 2.08. The average molecular weight is 308 g/mol. The number of nitro benzene ring substituents is 1. The average Bonchev–Trinajstić information content (AvgIpc) is 2.97. The van der Waals surface area contributed by atoms with E-state index in [0.717, 1.165) is 22.6 Å². The monoisotopic (exact) mass is 308 g/mol. The molecule has 0 aliphatic carbocycles. The lowest BCUT2D eigenvalue weighted by Gasteiger charge is -2.08. The maximum Gasteiger partial charge on any atom is 0.269 e. The third kappa shape index (κ3) is 3.55. The lowest BCUT2D eigenvalue weighted by molar-refractivity contribution is -0.384. The molecule has 0 radical (unpaired) electrons. The van der Waals surface area contributed by atoms with E-state index >= 15 is 0 Å². The number of aromatic nitrogens is 2. The third-order valence-electron chi connectivity index (χ3n) is 3.64. The molecule has 0 bridgehead atoms. The van der Waals surface area contributed by atoms with Gasteiger partial charge in [-0.05, 0) is 23.3 Å². The molecule has 1 aromatic heterocycles. The molecule has 0 amide bonds. The smallest absolute Gasteiger partial charge is 0.269 e. The Balaban J connectivity index is 1.75. The molecule has 3 rings (SSSR count). The van der Waals surface area contributed by atoms with E-state index < -0.39 is 4.92 Å². The Morgan fingerprint density at radius 2 is 1.70 bits per heavy atom. The molecule has 23 heavy (non-hydrogen) atoms. The van der Waals surface area contributed by atoms with Crippen LogP contribution in [0.2, 0.25) is 0 Å². The summed E-state index contributed by atoms with van der Waals surface area (Å²) >= 11 is 0. The number of nitrogen functional groups attached to an aromatic ring is 1. The largest absolute Gasteiger partial charge is 0.399 e. The molecule has 116 valence electrons. The molecule has 1 heterocycles. The number of imidazole rings is 1. The standard InChI is InChI=1S/C17H16N4O2/c18-15-5-1-14(2-6-15)12-20-10-9-19-17(20)11-13-3-7-16(8-4-13)21(22)23/h1-10H,11-12,18H2. The topological polar surface area (TPSA) is 87.0 Å². The van der Waals surface area contributed by atoms with Crippen LogP contribution >= 0.6 is 0 Å². The van der Waals surface area contributed by atoms with Crippen molar-refractivity contribution in [3.05, 3.63) is 88.0 Å². The van der Waals surface area contributed by atoms with E-state index in [-0.39, 0.29) is 5.69 Å². The molecule has 0 aliphatic rings. The fourth-order valence-corrected chi connectivity index (χ4v) is 2.39. The van der Waals surface area contributed by atoms with Crippen LogP contribution in [0.4, 0.5) is 11.4 Å². The Labute approximate surface area is 133 Å². The predicted octanol–water partition coefficient (Wildman–Crippen LogP) is 3.01. The Morgan fingerprint density at radius 3 is 2.35 bits per heavy atom. The van der Waals surface area contributed by atoms with Gasteiger partial charge >= 0.3 is 0 Å². The minimum absolute atomic E-state index is 0.0963. The number of hydrogen-bond acceptors (Lipinski definition) is 4. The summed E-state index contributed by atoms with van der Waals surface area (Å²) in [6.45, 7) is 0.711. The van der Waals surface area contributed by atoms with Gasteiger partial charge in [-0.3, -0.25) is 10.1 Å². The number of nitro groups is 1. The van der Waals surface area contributed by atoms with E-state index in [1.54, 1.807) is 18.3 Å². The number of anilines is 1. The molecule has 0 saturated heterocycles. The van der Waals surface area contributed by atoms with Crippen LogP contribution in [-0.4, -0.2) is 14.5 Å². The second-order valence-electron chi connectivity index (χ2n) is 5.31. The molecular formula is C17H16N4O2. The maximum absolute atomic E-state index is 10.7. The minimum Gasteiger partial charge on any atom is -0.399 e. The van der Waals surface area contributed by atoms with Gasteiger partial charge in [0.1, 0.15) is 5.82 Å². The van der Waals surface area contributed by atoms with Gasteiger partial charge in [0.05, 0.1) is 4.92 Å². The SMILES string of the molecule is Nc1ccc(Cn2ccnc2Cc2ccc([N+](=O)[O-])cc2)cc1. The van der Waals surface area contributed by atoms with Crippen molar-refractivity contribution >= 4 is 11.4 Å². The van der Waals surface area contributed by atoms with Gasteiger partial charge in [0.25, 0.3) is 5.69 Å². The van der Waals surface area contributed by atoms with Gasteiger partial charge in [0, 0.05) is 43.2 Å². The Hall–Kier alpha value is -3.15. The molecule has 0 atom stereocenters.